The van der Waals surface area contributed by atoms with Crippen molar-refractivity contribution in [3.63, 3.8) is 0 Å². The highest BCUT2D eigenvalue weighted by Crippen LogP contribution is 2.31. The largest absolute Gasteiger partial charge is 0.382 e. The zero-order chi connectivity index (χ0) is 11.6. The van der Waals surface area contributed by atoms with E-state index in [-0.39, 0.29) is 5.78 Å². The van der Waals surface area contributed by atoms with Gasteiger partial charge in [-0.3, -0.25) is 9.78 Å². The standard InChI is InChI=1S/C13H17NO2/c1-10-5-8-14-9-11(10)12(15)13(16)6-3-2-4-7-13/h5,8-9,16H,2-4,6-7H2,1H3. The van der Waals surface area contributed by atoms with Crippen LogP contribution in [0.2, 0.25) is 0 Å². The van der Waals surface area contributed by atoms with Crippen LogP contribution < -0.4 is 0 Å². The Morgan fingerprint density at radius 2 is 2.06 bits per heavy atom. The Labute approximate surface area is 95.5 Å². The molecule has 1 saturated carbocycles. The summed E-state index contributed by atoms with van der Waals surface area (Å²) in [5.41, 5.74) is 0.303. The number of hydrogen-bond acceptors (Lipinski definition) is 3. The number of aliphatic hydroxyl groups is 1. The molecule has 1 aliphatic rings. The molecule has 0 bridgehead atoms. The van der Waals surface area contributed by atoms with Crippen LogP contribution in [0.3, 0.4) is 0 Å². The van der Waals surface area contributed by atoms with Gasteiger partial charge in [0.15, 0.2) is 5.78 Å². The van der Waals surface area contributed by atoms with Crippen molar-refractivity contribution in [2.24, 2.45) is 0 Å². The van der Waals surface area contributed by atoms with E-state index in [0.717, 1.165) is 24.8 Å². The van der Waals surface area contributed by atoms with Gasteiger partial charge >= 0.3 is 0 Å². The lowest BCUT2D eigenvalue weighted by molar-refractivity contribution is 0.0115. The van der Waals surface area contributed by atoms with Crippen molar-refractivity contribution in [2.75, 3.05) is 0 Å². The number of ketones is 1. The van der Waals surface area contributed by atoms with E-state index in [9.17, 15) is 9.90 Å². The highest BCUT2D eigenvalue weighted by molar-refractivity contribution is 6.03. The minimum absolute atomic E-state index is 0.155. The van der Waals surface area contributed by atoms with Crippen LogP contribution in [0.15, 0.2) is 18.5 Å². The normalized spacial score (nSPS) is 19.4. The number of aryl methyl sites for hydroxylation is 1. The number of pyridine rings is 1. The van der Waals surface area contributed by atoms with Gasteiger partial charge in [0.25, 0.3) is 0 Å². The topological polar surface area (TPSA) is 50.2 Å². The molecule has 1 fully saturated rings. The summed E-state index contributed by atoms with van der Waals surface area (Å²) in [6.07, 6.45) is 7.37. The van der Waals surface area contributed by atoms with E-state index in [1.165, 1.54) is 0 Å². The molecule has 0 aromatic carbocycles. The Balaban J connectivity index is 2.28. The molecule has 1 aliphatic carbocycles. The third-order valence-corrected chi connectivity index (χ3v) is 3.39. The summed E-state index contributed by atoms with van der Waals surface area (Å²) in [5.74, 6) is -0.155. The lowest BCUT2D eigenvalue weighted by atomic mass is 9.79. The highest BCUT2D eigenvalue weighted by Gasteiger charge is 2.38. The number of carbonyl (C=O) groups excluding carboxylic acids is 1. The van der Waals surface area contributed by atoms with Gasteiger partial charge < -0.3 is 5.11 Å². The van der Waals surface area contributed by atoms with Gasteiger partial charge in [-0.25, -0.2) is 0 Å². The number of aromatic nitrogens is 1. The highest BCUT2D eigenvalue weighted by atomic mass is 16.3. The summed E-state index contributed by atoms with van der Waals surface area (Å²) < 4.78 is 0. The molecule has 0 spiro atoms. The summed E-state index contributed by atoms with van der Waals surface area (Å²) >= 11 is 0. The van der Waals surface area contributed by atoms with Crippen LogP contribution >= 0.6 is 0 Å². The van der Waals surface area contributed by atoms with Crippen molar-refractivity contribution in [3.05, 3.63) is 29.6 Å². The minimum Gasteiger partial charge on any atom is -0.382 e. The molecule has 1 aromatic heterocycles. The first-order valence-corrected chi connectivity index (χ1v) is 5.81. The van der Waals surface area contributed by atoms with Crippen LogP contribution in [0.1, 0.15) is 48.0 Å². The molecular weight excluding hydrogens is 202 g/mol. The molecule has 0 aliphatic heterocycles. The molecule has 0 saturated heterocycles. The second kappa shape index (κ2) is 4.34. The zero-order valence-corrected chi connectivity index (χ0v) is 9.57. The summed E-state index contributed by atoms with van der Waals surface area (Å²) in [7, 11) is 0. The minimum atomic E-state index is -1.15. The predicted molar refractivity (Wildman–Crippen MR) is 61.3 cm³/mol. The number of carbonyl (C=O) groups is 1. The summed E-state index contributed by atoms with van der Waals surface area (Å²) in [6.45, 7) is 1.88. The third kappa shape index (κ3) is 2.00. The molecule has 0 atom stereocenters. The molecule has 86 valence electrons. The van der Waals surface area contributed by atoms with Gasteiger partial charge in [0, 0.05) is 18.0 Å². The van der Waals surface area contributed by atoms with Gasteiger partial charge in [-0.15, -0.1) is 0 Å². The summed E-state index contributed by atoms with van der Waals surface area (Å²) in [6, 6.07) is 1.80. The summed E-state index contributed by atoms with van der Waals surface area (Å²) in [5, 5.41) is 10.3. The van der Waals surface area contributed by atoms with Crippen molar-refractivity contribution in [1.82, 2.24) is 4.98 Å². The quantitative estimate of drug-likeness (QED) is 0.776. The second-order valence-electron chi connectivity index (χ2n) is 4.61. The smallest absolute Gasteiger partial charge is 0.196 e. The molecular formula is C13H17NO2. The Hall–Kier alpha value is -1.22. The van der Waals surface area contributed by atoms with Crippen LogP contribution in [0.25, 0.3) is 0 Å². The molecule has 2 rings (SSSR count). The summed E-state index contributed by atoms with van der Waals surface area (Å²) in [4.78, 5) is 16.2. The molecule has 3 heteroatoms. The van der Waals surface area contributed by atoms with Crippen molar-refractivity contribution in [2.45, 2.75) is 44.6 Å². The molecule has 16 heavy (non-hydrogen) atoms. The van der Waals surface area contributed by atoms with Crippen LogP contribution in [0.5, 0.6) is 0 Å². The number of rotatable bonds is 2. The predicted octanol–water partition coefficient (Wildman–Crippen LogP) is 2.27. The van der Waals surface area contributed by atoms with E-state index in [2.05, 4.69) is 4.98 Å². The van der Waals surface area contributed by atoms with E-state index in [1.54, 1.807) is 18.5 Å². The Morgan fingerprint density at radius 3 is 2.69 bits per heavy atom. The Morgan fingerprint density at radius 1 is 1.38 bits per heavy atom. The van der Waals surface area contributed by atoms with Crippen molar-refractivity contribution in [3.8, 4) is 0 Å². The second-order valence-corrected chi connectivity index (χ2v) is 4.61. The molecule has 0 amide bonds. The van der Waals surface area contributed by atoms with Gasteiger partial charge in [0.1, 0.15) is 5.60 Å². The SMILES string of the molecule is Cc1ccncc1C(=O)C1(O)CCCCC1. The maximum Gasteiger partial charge on any atom is 0.196 e. The lowest BCUT2D eigenvalue weighted by Crippen LogP contribution is -2.40. The fraction of sp³-hybridized carbons (Fsp3) is 0.538. The lowest BCUT2D eigenvalue weighted by Gasteiger charge is -2.30. The van der Waals surface area contributed by atoms with Crippen LogP contribution in [-0.4, -0.2) is 21.5 Å². The maximum absolute atomic E-state index is 12.3. The van der Waals surface area contributed by atoms with E-state index in [0.29, 0.717) is 18.4 Å². The Kier molecular flexibility index (Phi) is 3.06. The van der Waals surface area contributed by atoms with Gasteiger partial charge in [-0.05, 0) is 31.4 Å². The van der Waals surface area contributed by atoms with E-state index >= 15 is 0 Å². The molecule has 0 unspecified atom stereocenters. The molecule has 3 nitrogen and oxygen atoms in total. The number of nitrogens with zero attached hydrogens (tertiary/aromatic N) is 1. The fourth-order valence-electron chi connectivity index (χ4n) is 2.32. The van der Waals surface area contributed by atoms with Gasteiger partial charge in [-0.1, -0.05) is 19.3 Å². The van der Waals surface area contributed by atoms with E-state index in [1.807, 2.05) is 6.92 Å². The van der Waals surface area contributed by atoms with E-state index in [4.69, 9.17) is 0 Å². The first-order valence-electron chi connectivity index (χ1n) is 5.81. The number of Topliss-reactive ketones (excluding diaryl/α,β-unsaturated/α-hetero) is 1. The van der Waals surface area contributed by atoms with Crippen LogP contribution in [-0.2, 0) is 0 Å². The van der Waals surface area contributed by atoms with Crippen LogP contribution in [0.4, 0.5) is 0 Å². The first-order chi connectivity index (χ1) is 7.63. The van der Waals surface area contributed by atoms with Crippen molar-refractivity contribution in [1.29, 1.82) is 0 Å². The molecule has 0 radical (unpaired) electrons. The van der Waals surface area contributed by atoms with Crippen LogP contribution in [0, 0.1) is 6.92 Å². The van der Waals surface area contributed by atoms with Crippen molar-refractivity contribution < 1.29 is 9.90 Å². The van der Waals surface area contributed by atoms with Gasteiger partial charge in [0.2, 0.25) is 0 Å². The monoisotopic (exact) mass is 219 g/mol. The molecule has 1 heterocycles. The first kappa shape index (κ1) is 11.3. The van der Waals surface area contributed by atoms with Gasteiger partial charge in [-0.2, -0.15) is 0 Å². The fourth-order valence-corrected chi connectivity index (χ4v) is 2.32. The third-order valence-electron chi connectivity index (χ3n) is 3.39. The van der Waals surface area contributed by atoms with Crippen molar-refractivity contribution >= 4 is 5.78 Å². The zero-order valence-electron chi connectivity index (χ0n) is 9.57. The maximum atomic E-state index is 12.3. The average Bonchev–Trinajstić information content (AvgIpc) is 2.30. The average molecular weight is 219 g/mol. The Bertz CT molecular complexity index is 395. The molecule has 1 aromatic rings. The van der Waals surface area contributed by atoms with Gasteiger partial charge in [0.05, 0.1) is 0 Å². The number of hydrogen-bond donors (Lipinski definition) is 1. The molecule has 1 N–H and O–H groups in total. The van der Waals surface area contributed by atoms with E-state index < -0.39 is 5.60 Å².